The zero-order valence-electron chi connectivity index (χ0n) is 11.3. The van der Waals surface area contributed by atoms with Crippen LogP contribution in [0.25, 0.3) is 0 Å². The quantitative estimate of drug-likeness (QED) is 0.757. The molecule has 1 amide bonds. The topological polar surface area (TPSA) is 43.8 Å². The van der Waals surface area contributed by atoms with Gasteiger partial charge in [0.2, 0.25) is 0 Å². The molecule has 1 aliphatic carbocycles. The maximum absolute atomic E-state index is 12.5. The average molecular weight is 252 g/mol. The van der Waals surface area contributed by atoms with E-state index in [-0.39, 0.29) is 5.91 Å². The Morgan fingerprint density at radius 2 is 1.83 bits per heavy atom. The number of hydrogen-bond acceptors (Lipinski definition) is 3. The van der Waals surface area contributed by atoms with Gasteiger partial charge in [0.25, 0.3) is 5.91 Å². The van der Waals surface area contributed by atoms with Gasteiger partial charge in [-0.3, -0.25) is 9.69 Å². The van der Waals surface area contributed by atoms with Crippen LogP contribution in [0.4, 0.5) is 0 Å². The Labute approximate surface area is 109 Å². The Bertz CT molecular complexity index is 339. The number of hydrogen-bond donors (Lipinski definition) is 1. The van der Waals surface area contributed by atoms with E-state index in [0.717, 1.165) is 32.4 Å². The van der Waals surface area contributed by atoms with E-state index in [1.54, 1.807) is 0 Å². The van der Waals surface area contributed by atoms with Gasteiger partial charge < -0.3 is 10.0 Å². The Hall–Kier alpha value is -0.610. The third-order valence-corrected chi connectivity index (χ3v) is 5.26. The van der Waals surface area contributed by atoms with Crippen LogP contribution < -0.4 is 0 Å². The summed E-state index contributed by atoms with van der Waals surface area (Å²) >= 11 is 0. The molecule has 0 radical (unpaired) electrons. The molecule has 3 aliphatic rings. The van der Waals surface area contributed by atoms with Crippen molar-refractivity contribution in [3.05, 3.63) is 0 Å². The molecule has 4 heteroatoms. The van der Waals surface area contributed by atoms with E-state index in [2.05, 4.69) is 11.9 Å². The lowest BCUT2D eigenvalue weighted by molar-refractivity contribution is -0.151. The first-order chi connectivity index (χ1) is 8.60. The van der Waals surface area contributed by atoms with Crippen molar-refractivity contribution in [2.45, 2.75) is 62.6 Å². The molecule has 1 N–H and O–H groups in total. The molecule has 18 heavy (non-hydrogen) atoms. The zero-order valence-corrected chi connectivity index (χ0v) is 11.3. The summed E-state index contributed by atoms with van der Waals surface area (Å²) in [6.07, 6.45) is 6.83. The van der Waals surface area contributed by atoms with Crippen molar-refractivity contribution in [3.63, 3.8) is 0 Å². The van der Waals surface area contributed by atoms with Crippen molar-refractivity contribution < 1.29 is 9.90 Å². The number of likely N-dealkylation sites (N-methyl/N-ethyl adjacent to an activating group) is 1. The van der Waals surface area contributed by atoms with Gasteiger partial charge >= 0.3 is 0 Å². The summed E-state index contributed by atoms with van der Waals surface area (Å²) in [5.74, 6) is 0.000880. The van der Waals surface area contributed by atoms with Gasteiger partial charge in [0.1, 0.15) is 5.60 Å². The molecular formula is C14H24N2O2. The van der Waals surface area contributed by atoms with Gasteiger partial charge in [-0.2, -0.15) is 0 Å². The van der Waals surface area contributed by atoms with Crippen LogP contribution in [0.15, 0.2) is 0 Å². The van der Waals surface area contributed by atoms with Crippen LogP contribution in [0.1, 0.15) is 44.9 Å². The fourth-order valence-corrected chi connectivity index (χ4v) is 3.96. The summed E-state index contributed by atoms with van der Waals surface area (Å²) in [4.78, 5) is 16.9. The van der Waals surface area contributed by atoms with E-state index in [9.17, 15) is 9.90 Å². The number of carbonyl (C=O) groups is 1. The highest BCUT2D eigenvalue weighted by atomic mass is 16.3. The summed E-state index contributed by atoms with van der Waals surface area (Å²) in [5, 5.41) is 10.4. The minimum atomic E-state index is -1.04. The minimum absolute atomic E-state index is 0.000880. The number of aliphatic hydroxyl groups is 1. The van der Waals surface area contributed by atoms with Crippen LogP contribution in [0.5, 0.6) is 0 Å². The second-order valence-corrected chi connectivity index (χ2v) is 6.33. The Balaban J connectivity index is 1.71. The highest BCUT2D eigenvalue weighted by Gasteiger charge is 2.44. The maximum atomic E-state index is 12.5. The number of carbonyl (C=O) groups excluding carboxylic acids is 1. The number of amides is 1. The smallest absolute Gasteiger partial charge is 0.254 e. The first-order valence-electron chi connectivity index (χ1n) is 7.34. The van der Waals surface area contributed by atoms with E-state index in [4.69, 9.17) is 0 Å². The molecule has 1 saturated carbocycles. The normalized spacial score (nSPS) is 35.8. The molecule has 0 aromatic heterocycles. The summed E-state index contributed by atoms with van der Waals surface area (Å²) in [6.45, 7) is 1.64. The SMILES string of the molecule is CN1C2CCC1CN(C(=O)C1(O)CCCC1)CC2. The molecule has 0 aromatic carbocycles. The lowest BCUT2D eigenvalue weighted by Gasteiger charge is -2.32. The predicted octanol–water partition coefficient (Wildman–Crippen LogP) is 0.987. The molecule has 0 aromatic rings. The van der Waals surface area contributed by atoms with Crippen LogP contribution in [-0.4, -0.2) is 58.6 Å². The Morgan fingerprint density at radius 1 is 1.17 bits per heavy atom. The largest absolute Gasteiger partial charge is 0.380 e. The van der Waals surface area contributed by atoms with Crippen molar-refractivity contribution in [2.75, 3.05) is 20.1 Å². The molecule has 2 bridgehead atoms. The number of fused-ring (bicyclic) bond motifs is 2. The van der Waals surface area contributed by atoms with Crippen molar-refractivity contribution in [2.24, 2.45) is 0 Å². The fourth-order valence-electron chi connectivity index (χ4n) is 3.96. The molecule has 2 unspecified atom stereocenters. The highest BCUT2D eigenvalue weighted by Crippen LogP contribution is 2.34. The van der Waals surface area contributed by atoms with E-state index in [1.807, 2.05) is 4.90 Å². The summed E-state index contributed by atoms with van der Waals surface area (Å²) < 4.78 is 0. The molecule has 3 fully saturated rings. The highest BCUT2D eigenvalue weighted by molar-refractivity contribution is 5.85. The predicted molar refractivity (Wildman–Crippen MR) is 69.2 cm³/mol. The molecule has 0 spiro atoms. The van der Waals surface area contributed by atoms with Crippen LogP contribution in [-0.2, 0) is 4.79 Å². The fraction of sp³-hybridized carbons (Fsp3) is 0.929. The maximum Gasteiger partial charge on any atom is 0.254 e. The molecule has 3 rings (SSSR count). The van der Waals surface area contributed by atoms with Crippen molar-refractivity contribution in [1.82, 2.24) is 9.80 Å². The van der Waals surface area contributed by atoms with Crippen molar-refractivity contribution in [1.29, 1.82) is 0 Å². The molecule has 2 saturated heterocycles. The molecule has 4 nitrogen and oxygen atoms in total. The van der Waals surface area contributed by atoms with Gasteiger partial charge in [0.05, 0.1) is 0 Å². The number of rotatable bonds is 1. The first-order valence-corrected chi connectivity index (χ1v) is 7.34. The van der Waals surface area contributed by atoms with E-state index in [0.29, 0.717) is 24.9 Å². The Morgan fingerprint density at radius 3 is 2.56 bits per heavy atom. The van der Waals surface area contributed by atoms with Crippen molar-refractivity contribution >= 4 is 5.91 Å². The van der Waals surface area contributed by atoms with Crippen LogP contribution in [0.3, 0.4) is 0 Å². The lowest BCUT2D eigenvalue weighted by atomic mass is 9.99. The lowest BCUT2D eigenvalue weighted by Crippen LogP contribution is -2.50. The Kier molecular flexibility index (Phi) is 3.10. The van der Waals surface area contributed by atoms with Gasteiger partial charge in [0, 0.05) is 25.2 Å². The van der Waals surface area contributed by atoms with E-state index >= 15 is 0 Å². The van der Waals surface area contributed by atoms with Gasteiger partial charge in [-0.15, -0.1) is 0 Å². The number of likely N-dealkylation sites (tertiary alicyclic amines) is 1. The van der Waals surface area contributed by atoms with E-state index < -0.39 is 5.60 Å². The van der Waals surface area contributed by atoms with Crippen molar-refractivity contribution in [3.8, 4) is 0 Å². The van der Waals surface area contributed by atoms with E-state index in [1.165, 1.54) is 12.8 Å². The van der Waals surface area contributed by atoms with Gasteiger partial charge in [0.15, 0.2) is 0 Å². The third kappa shape index (κ3) is 1.95. The second kappa shape index (κ2) is 4.49. The minimum Gasteiger partial charge on any atom is -0.380 e. The molecule has 2 aliphatic heterocycles. The zero-order chi connectivity index (χ0) is 12.8. The monoisotopic (exact) mass is 252 g/mol. The second-order valence-electron chi connectivity index (χ2n) is 6.33. The first kappa shape index (κ1) is 12.4. The summed E-state index contributed by atoms with van der Waals surface area (Å²) in [6, 6.07) is 1.15. The molecular weight excluding hydrogens is 228 g/mol. The van der Waals surface area contributed by atoms with Gasteiger partial charge in [-0.05, 0) is 52.0 Å². The molecule has 2 heterocycles. The summed E-state index contributed by atoms with van der Waals surface area (Å²) in [5.41, 5.74) is -1.04. The standard InChI is InChI=1S/C14H24N2O2/c1-15-11-4-5-12(15)10-16(9-6-11)13(17)14(18)7-2-3-8-14/h11-12,18H,2-10H2,1H3. The summed E-state index contributed by atoms with van der Waals surface area (Å²) in [7, 11) is 2.18. The number of nitrogens with zero attached hydrogens (tertiary/aromatic N) is 2. The molecule has 102 valence electrons. The van der Waals surface area contributed by atoms with Crippen LogP contribution >= 0.6 is 0 Å². The van der Waals surface area contributed by atoms with Crippen LogP contribution in [0, 0.1) is 0 Å². The van der Waals surface area contributed by atoms with Gasteiger partial charge in [-0.25, -0.2) is 0 Å². The molecule has 2 atom stereocenters. The van der Waals surface area contributed by atoms with Gasteiger partial charge in [-0.1, -0.05) is 0 Å². The van der Waals surface area contributed by atoms with Crippen LogP contribution in [0.2, 0.25) is 0 Å². The average Bonchev–Trinajstić information content (AvgIpc) is 2.85. The third-order valence-electron chi connectivity index (χ3n) is 5.26.